The van der Waals surface area contributed by atoms with Crippen molar-refractivity contribution in [2.45, 2.75) is 12.8 Å². The molecule has 0 atom stereocenters. The maximum atomic E-state index is 13.0. The van der Waals surface area contributed by atoms with E-state index in [0.717, 1.165) is 36.3 Å². The molecule has 0 unspecified atom stereocenters. The highest BCUT2D eigenvalue weighted by molar-refractivity contribution is 5.93. The number of aryl methyl sites for hydroxylation is 1. The average Bonchev–Trinajstić information content (AvgIpc) is 3.23. The Labute approximate surface area is 180 Å². The van der Waals surface area contributed by atoms with Crippen molar-refractivity contribution in [3.8, 4) is 11.3 Å². The standard InChI is InChI=1S/C23H25FN4O3/c1-28(15-22(29)25-19-11-7-17(8-12-19)23(30)31-2)13-3-4-20-14-21(27-26-20)16-5-9-18(24)10-6-16/h5-12,14H,3-4,13,15H2,1-2H3,(H,25,29)(H,26,27). The van der Waals surface area contributed by atoms with E-state index in [9.17, 15) is 14.0 Å². The van der Waals surface area contributed by atoms with E-state index in [1.807, 2.05) is 18.0 Å². The molecule has 0 aliphatic rings. The molecule has 1 heterocycles. The number of aromatic nitrogens is 2. The van der Waals surface area contributed by atoms with E-state index in [-0.39, 0.29) is 18.3 Å². The fourth-order valence-corrected chi connectivity index (χ4v) is 3.13. The van der Waals surface area contributed by atoms with Gasteiger partial charge in [-0.25, -0.2) is 9.18 Å². The summed E-state index contributed by atoms with van der Waals surface area (Å²) in [5.74, 6) is -0.821. The van der Waals surface area contributed by atoms with Gasteiger partial charge in [0.25, 0.3) is 0 Å². The molecule has 31 heavy (non-hydrogen) atoms. The highest BCUT2D eigenvalue weighted by Crippen LogP contribution is 2.18. The van der Waals surface area contributed by atoms with Crippen LogP contribution in [0, 0.1) is 5.82 Å². The van der Waals surface area contributed by atoms with Crippen LogP contribution in [0.15, 0.2) is 54.6 Å². The van der Waals surface area contributed by atoms with Gasteiger partial charge in [-0.05, 0) is 81.0 Å². The molecule has 0 spiro atoms. The Bertz CT molecular complexity index is 1020. The summed E-state index contributed by atoms with van der Waals surface area (Å²) in [4.78, 5) is 25.6. The van der Waals surface area contributed by atoms with Crippen LogP contribution in [0.2, 0.25) is 0 Å². The molecule has 3 rings (SSSR count). The topological polar surface area (TPSA) is 87.3 Å². The molecule has 0 fully saturated rings. The first-order chi connectivity index (χ1) is 14.9. The zero-order valence-corrected chi connectivity index (χ0v) is 17.5. The van der Waals surface area contributed by atoms with Crippen molar-refractivity contribution in [1.82, 2.24) is 15.1 Å². The summed E-state index contributed by atoms with van der Waals surface area (Å²) in [6.45, 7) is 0.988. The Hall–Kier alpha value is -3.52. The molecule has 2 N–H and O–H groups in total. The Morgan fingerprint density at radius 2 is 1.84 bits per heavy atom. The second-order valence-electron chi connectivity index (χ2n) is 7.24. The van der Waals surface area contributed by atoms with Gasteiger partial charge in [-0.3, -0.25) is 14.8 Å². The van der Waals surface area contributed by atoms with Gasteiger partial charge in [-0.1, -0.05) is 0 Å². The number of rotatable bonds is 9. The number of likely N-dealkylation sites (N-methyl/N-ethyl adjacent to an activating group) is 1. The number of nitrogens with one attached hydrogen (secondary N) is 2. The molecule has 0 saturated heterocycles. The molecule has 1 aromatic heterocycles. The normalized spacial score (nSPS) is 10.8. The lowest BCUT2D eigenvalue weighted by Gasteiger charge is -2.16. The van der Waals surface area contributed by atoms with E-state index in [1.54, 1.807) is 36.4 Å². The molecule has 162 valence electrons. The fraction of sp³-hybridized carbons (Fsp3) is 0.261. The van der Waals surface area contributed by atoms with E-state index in [2.05, 4.69) is 20.3 Å². The number of carbonyl (C=O) groups excluding carboxylic acids is 2. The fourth-order valence-electron chi connectivity index (χ4n) is 3.13. The second kappa shape index (κ2) is 10.5. The average molecular weight is 424 g/mol. The van der Waals surface area contributed by atoms with E-state index < -0.39 is 5.97 Å². The molecule has 0 bridgehead atoms. The van der Waals surface area contributed by atoms with Gasteiger partial charge in [0.1, 0.15) is 5.82 Å². The predicted octanol–water partition coefficient (Wildman–Crippen LogP) is 3.51. The first-order valence-electron chi connectivity index (χ1n) is 9.91. The molecule has 0 aliphatic heterocycles. The number of benzene rings is 2. The smallest absolute Gasteiger partial charge is 0.337 e. The Morgan fingerprint density at radius 3 is 2.52 bits per heavy atom. The van der Waals surface area contributed by atoms with Crippen molar-refractivity contribution in [3.63, 3.8) is 0 Å². The summed E-state index contributed by atoms with van der Waals surface area (Å²) < 4.78 is 17.7. The number of hydrogen-bond donors (Lipinski definition) is 2. The minimum Gasteiger partial charge on any atom is -0.465 e. The summed E-state index contributed by atoms with van der Waals surface area (Å²) >= 11 is 0. The molecule has 3 aromatic rings. The van der Waals surface area contributed by atoms with Crippen molar-refractivity contribution in [1.29, 1.82) is 0 Å². The third-order valence-electron chi connectivity index (χ3n) is 4.76. The number of H-pyrrole nitrogens is 1. The van der Waals surface area contributed by atoms with Crippen LogP contribution < -0.4 is 5.32 Å². The van der Waals surface area contributed by atoms with Crippen LogP contribution in [-0.2, 0) is 16.0 Å². The molecule has 8 heteroatoms. The van der Waals surface area contributed by atoms with E-state index in [4.69, 9.17) is 0 Å². The van der Waals surface area contributed by atoms with Crippen molar-refractivity contribution < 1.29 is 18.7 Å². The lowest BCUT2D eigenvalue weighted by molar-refractivity contribution is -0.117. The van der Waals surface area contributed by atoms with E-state index in [1.165, 1.54) is 19.2 Å². The SMILES string of the molecule is COC(=O)c1ccc(NC(=O)CN(C)CCCc2cc(-c3ccc(F)cc3)n[nH]2)cc1. The molecular weight excluding hydrogens is 399 g/mol. The van der Waals surface area contributed by atoms with E-state index >= 15 is 0 Å². The number of methoxy groups -OCH3 is 1. The van der Waals surface area contributed by atoms with Crippen molar-refractivity contribution in [2.24, 2.45) is 0 Å². The quantitative estimate of drug-likeness (QED) is 0.514. The van der Waals surface area contributed by atoms with Gasteiger partial charge >= 0.3 is 5.97 Å². The molecule has 0 radical (unpaired) electrons. The third-order valence-corrected chi connectivity index (χ3v) is 4.76. The van der Waals surface area contributed by atoms with Gasteiger partial charge < -0.3 is 10.1 Å². The van der Waals surface area contributed by atoms with Crippen LogP contribution in [0.4, 0.5) is 10.1 Å². The second-order valence-corrected chi connectivity index (χ2v) is 7.24. The van der Waals surface area contributed by atoms with Gasteiger partial charge in [0.2, 0.25) is 5.91 Å². The summed E-state index contributed by atoms with van der Waals surface area (Å²) in [5.41, 5.74) is 3.68. The van der Waals surface area contributed by atoms with Gasteiger partial charge in [0, 0.05) is 16.9 Å². The molecule has 0 saturated carbocycles. The molecule has 2 aromatic carbocycles. The largest absolute Gasteiger partial charge is 0.465 e. The number of nitrogens with zero attached hydrogens (tertiary/aromatic N) is 2. The number of halogens is 1. The maximum absolute atomic E-state index is 13.0. The molecule has 7 nitrogen and oxygen atoms in total. The van der Waals surface area contributed by atoms with Crippen LogP contribution in [0.1, 0.15) is 22.5 Å². The monoisotopic (exact) mass is 424 g/mol. The van der Waals surface area contributed by atoms with Gasteiger partial charge in [0.05, 0.1) is 24.9 Å². The van der Waals surface area contributed by atoms with Crippen LogP contribution >= 0.6 is 0 Å². The first-order valence-corrected chi connectivity index (χ1v) is 9.91. The summed E-state index contributed by atoms with van der Waals surface area (Å²) in [5, 5.41) is 10.1. The minimum absolute atomic E-state index is 0.131. The molecule has 1 amide bonds. The highest BCUT2D eigenvalue weighted by Gasteiger charge is 2.10. The van der Waals surface area contributed by atoms with Gasteiger partial charge in [-0.2, -0.15) is 5.10 Å². The van der Waals surface area contributed by atoms with Gasteiger partial charge in [-0.15, -0.1) is 0 Å². The lowest BCUT2D eigenvalue weighted by Crippen LogP contribution is -2.31. The number of hydrogen-bond acceptors (Lipinski definition) is 5. The lowest BCUT2D eigenvalue weighted by atomic mass is 10.1. The molecule has 0 aliphatic carbocycles. The minimum atomic E-state index is -0.417. The molecular formula is C23H25FN4O3. The van der Waals surface area contributed by atoms with E-state index in [0.29, 0.717) is 11.3 Å². The summed E-state index contributed by atoms with van der Waals surface area (Å²) in [6.07, 6.45) is 1.64. The number of amides is 1. The van der Waals surface area contributed by atoms with Crippen LogP contribution in [0.25, 0.3) is 11.3 Å². The first kappa shape index (κ1) is 22.2. The Kier molecular flexibility index (Phi) is 7.50. The van der Waals surface area contributed by atoms with Crippen LogP contribution in [0.5, 0.6) is 0 Å². The third kappa shape index (κ3) is 6.48. The Balaban J connectivity index is 1.41. The number of esters is 1. The zero-order chi connectivity index (χ0) is 22.2. The number of aromatic amines is 1. The van der Waals surface area contributed by atoms with Crippen molar-refractivity contribution >= 4 is 17.6 Å². The highest BCUT2D eigenvalue weighted by atomic mass is 19.1. The maximum Gasteiger partial charge on any atom is 0.337 e. The van der Waals surface area contributed by atoms with Crippen molar-refractivity contribution in [2.75, 3.05) is 32.6 Å². The summed E-state index contributed by atoms with van der Waals surface area (Å²) in [7, 11) is 3.21. The van der Waals surface area contributed by atoms with Gasteiger partial charge in [0.15, 0.2) is 0 Å². The van der Waals surface area contributed by atoms with Crippen LogP contribution in [0.3, 0.4) is 0 Å². The number of anilines is 1. The zero-order valence-electron chi connectivity index (χ0n) is 17.5. The summed E-state index contributed by atoms with van der Waals surface area (Å²) in [6, 6.07) is 14.7. The Morgan fingerprint density at radius 1 is 1.13 bits per heavy atom. The van der Waals surface area contributed by atoms with Crippen molar-refractivity contribution in [3.05, 3.63) is 71.7 Å². The number of ether oxygens (including phenoxy) is 1. The predicted molar refractivity (Wildman–Crippen MR) is 116 cm³/mol. The number of carbonyl (C=O) groups is 2. The van der Waals surface area contributed by atoms with Crippen LogP contribution in [-0.4, -0.2) is 54.2 Å².